The Bertz CT molecular complexity index is 913. The lowest BCUT2D eigenvalue weighted by molar-refractivity contribution is -0.384. The molecular formula is C18H14N2O4. The third-order valence-electron chi connectivity index (χ3n) is 3.64. The summed E-state index contributed by atoms with van der Waals surface area (Å²) in [4.78, 5) is 26.5. The van der Waals surface area contributed by atoms with E-state index in [-0.39, 0.29) is 17.3 Å². The largest absolute Gasteiger partial charge is 0.402 e. The molecule has 0 spiro atoms. The number of non-ortho nitro benzene ring substituents is 1. The Morgan fingerprint density at radius 3 is 2.67 bits per heavy atom. The standard InChI is InChI=1S/C18H14N2O4/c1-11-6-7-13(12(2)8-11)10-16-18(21)24-17(19-16)14-4-3-5-15(9-14)20(22)23/h3-10H,1-2H3/b16-10-. The minimum absolute atomic E-state index is 0.0692. The molecule has 0 saturated carbocycles. The Labute approximate surface area is 138 Å². The fourth-order valence-electron chi connectivity index (χ4n) is 2.42. The Hall–Kier alpha value is -3.28. The lowest BCUT2D eigenvalue weighted by Crippen LogP contribution is -2.05. The van der Waals surface area contributed by atoms with E-state index in [1.807, 2.05) is 32.0 Å². The molecule has 2 aromatic rings. The van der Waals surface area contributed by atoms with Crippen LogP contribution in [0.25, 0.3) is 6.08 Å². The highest BCUT2D eigenvalue weighted by Gasteiger charge is 2.25. The molecule has 0 aromatic heterocycles. The number of ether oxygens (including phenoxy) is 1. The number of nitro groups is 1. The molecule has 1 aliphatic rings. The second kappa shape index (κ2) is 6.08. The van der Waals surface area contributed by atoms with Crippen LogP contribution in [0.1, 0.15) is 22.3 Å². The Morgan fingerprint density at radius 1 is 1.17 bits per heavy atom. The van der Waals surface area contributed by atoms with Gasteiger partial charge < -0.3 is 4.74 Å². The van der Waals surface area contributed by atoms with Crippen LogP contribution < -0.4 is 0 Å². The van der Waals surface area contributed by atoms with Gasteiger partial charge in [0.25, 0.3) is 5.69 Å². The third-order valence-corrected chi connectivity index (χ3v) is 3.64. The molecule has 0 radical (unpaired) electrons. The van der Waals surface area contributed by atoms with Crippen molar-refractivity contribution >= 4 is 23.6 Å². The third kappa shape index (κ3) is 3.08. The lowest BCUT2D eigenvalue weighted by atomic mass is 10.0. The van der Waals surface area contributed by atoms with Crippen molar-refractivity contribution in [3.63, 3.8) is 0 Å². The number of hydrogen-bond donors (Lipinski definition) is 0. The molecule has 0 aliphatic carbocycles. The van der Waals surface area contributed by atoms with Crippen molar-refractivity contribution in [3.05, 3.63) is 80.5 Å². The van der Waals surface area contributed by atoms with Gasteiger partial charge in [0, 0.05) is 17.7 Å². The summed E-state index contributed by atoms with van der Waals surface area (Å²) < 4.78 is 5.15. The first-order chi connectivity index (χ1) is 11.4. The van der Waals surface area contributed by atoms with Crippen molar-refractivity contribution in [2.24, 2.45) is 4.99 Å². The summed E-state index contributed by atoms with van der Waals surface area (Å²) in [5.41, 5.74) is 3.50. The zero-order chi connectivity index (χ0) is 17.3. The van der Waals surface area contributed by atoms with Gasteiger partial charge in [-0.3, -0.25) is 10.1 Å². The molecule has 1 aliphatic heterocycles. The number of aliphatic imine (C=N–C) groups is 1. The molecule has 0 atom stereocenters. The van der Waals surface area contributed by atoms with Gasteiger partial charge in [-0.25, -0.2) is 9.79 Å². The van der Waals surface area contributed by atoms with Crippen LogP contribution in [-0.4, -0.2) is 16.8 Å². The number of nitrogens with zero attached hydrogens (tertiary/aromatic N) is 2. The van der Waals surface area contributed by atoms with Crippen LogP contribution in [0.2, 0.25) is 0 Å². The normalized spacial score (nSPS) is 15.3. The highest BCUT2D eigenvalue weighted by Crippen LogP contribution is 2.22. The molecule has 6 heteroatoms. The smallest absolute Gasteiger partial charge is 0.363 e. The summed E-state index contributed by atoms with van der Waals surface area (Å²) in [5.74, 6) is -0.504. The van der Waals surface area contributed by atoms with Crippen LogP contribution in [0.3, 0.4) is 0 Å². The summed E-state index contributed by atoms with van der Waals surface area (Å²) in [5, 5.41) is 10.8. The number of rotatable bonds is 3. The fraction of sp³-hybridized carbons (Fsp3) is 0.111. The Morgan fingerprint density at radius 2 is 1.96 bits per heavy atom. The van der Waals surface area contributed by atoms with E-state index in [0.29, 0.717) is 5.56 Å². The molecule has 0 bridgehead atoms. The van der Waals surface area contributed by atoms with E-state index in [9.17, 15) is 14.9 Å². The Kier molecular flexibility index (Phi) is 3.95. The van der Waals surface area contributed by atoms with Gasteiger partial charge >= 0.3 is 5.97 Å². The molecule has 0 unspecified atom stereocenters. The minimum Gasteiger partial charge on any atom is -0.402 e. The van der Waals surface area contributed by atoms with E-state index in [1.54, 1.807) is 12.1 Å². The maximum atomic E-state index is 12.0. The zero-order valence-corrected chi connectivity index (χ0v) is 13.1. The second-order valence-corrected chi connectivity index (χ2v) is 5.50. The highest BCUT2D eigenvalue weighted by molar-refractivity contribution is 6.13. The van der Waals surface area contributed by atoms with Crippen LogP contribution in [0.5, 0.6) is 0 Å². The number of cyclic esters (lactones) is 1. The van der Waals surface area contributed by atoms with Crippen LogP contribution in [0.15, 0.2) is 53.2 Å². The predicted octanol–water partition coefficient (Wildman–Crippen LogP) is 3.56. The van der Waals surface area contributed by atoms with Crippen LogP contribution in [0, 0.1) is 24.0 Å². The van der Waals surface area contributed by atoms with Crippen LogP contribution >= 0.6 is 0 Å². The van der Waals surface area contributed by atoms with Gasteiger partial charge in [-0.2, -0.15) is 0 Å². The number of carbonyl (C=O) groups excluding carboxylic acids is 1. The zero-order valence-electron chi connectivity index (χ0n) is 13.1. The second-order valence-electron chi connectivity index (χ2n) is 5.50. The van der Waals surface area contributed by atoms with Gasteiger partial charge in [-0.1, -0.05) is 29.8 Å². The molecule has 0 fully saturated rings. The molecule has 2 aromatic carbocycles. The molecular weight excluding hydrogens is 308 g/mol. The first-order valence-electron chi connectivity index (χ1n) is 7.29. The topological polar surface area (TPSA) is 81.8 Å². The molecule has 6 nitrogen and oxygen atoms in total. The lowest BCUT2D eigenvalue weighted by Gasteiger charge is -2.01. The minimum atomic E-state index is -0.573. The molecule has 0 amide bonds. The average molecular weight is 322 g/mol. The van der Waals surface area contributed by atoms with Crippen molar-refractivity contribution in [3.8, 4) is 0 Å². The molecule has 120 valence electrons. The van der Waals surface area contributed by atoms with E-state index in [4.69, 9.17) is 4.74 Å². The first-order valence-corrected chi connectivity index (χ1v) is 7.29. The number of hydrogen-bond acceptors (Lipinski definition) is 5. The monoisotopic (exact) mass is 322 g/mol. The predicted molar refractivity (Wildman–Crippen MR) is 89.6 cm³/mol. The molecule has 0 saturated heterocycles. The van der Waals surface area contributed by atoms with E-state index < -0.39 is 10.9 Å². The van der Waals surface area contributed by atoms with Gasteiger partial charge in [-0.05, 0) is 37.1 Å². The number of nitro benzene ring substituents is 1. The number of aryl methyl sites for hydroxylation is 2. The van der Waals surface area contributed by atoms with Gasteiger partial charge in [0.05, 0.1) is 4.92 Å². The van der Waals surface area contributed by atoms with Crippen molar-refractivity contribution in [2.75, 3.05) is 0 Å². The summed E-state index contributed by atoms with van der Waals surface area (Å²) in [6.45, 7) is 3.94. The van der Waals surface area contributed by atoms with Gasteiger partial charge in [0.15, 0.2) is 5.70 Å². The van der Waals surface area contributed by atoms with E-state index >= 15 is 0 Å². The van der Waals surface area contributed by atoms with Crippen molar-refractivity contribution in [1.82, 2.24) is 0 Å². The summed E-state index contributed by atoms with van der Waals surface area (Å²) in [6.07, 6.45) is 1.65. The number of carbonyl (C=O) groups is 1. The quantitative estimate of drug-likeness (QED) is 0.374. The van der Waals surface area contributed by atoms with Crippen LogP contribution in [-0.2, 0) is 9.53 Å². The Balaban J connectivity index is 1.97. The molecule has 0 N–H and O–H groups in total. The molecule has 1 heterocycles. The average Bonchev–Trinajstić information content (AvgIpc) is 2.91. The summed E-state index contributed by atoms with van der Waals surface area (Å²) in [6, 6.07) is 11.7. The van der Waals surface area contributed by atoms with Crippen LogP contribution in [0.4, 0.5) is 5.69 Å². The maximum absolute atomic E-state index is 12.0. The van der Waals surface area contributed by atoms with Crippen molar-refractivity contribution in [2.45, 2.75) is 13.8 Å². The van der Waals surface area contributed by atoms with Gasteiger partial charge in [0.1, 0.15) is 0 Å². The molecule has 24 heavy (non-hydrogen) atoms. The van der Waals surface area contributed by atoms with E-state index in [2.05, 4.69) is 4.99 Å². The van der Waals surface area contributed by atoms with Gasteiger partial charge in [0.2, 0.25) is 5.90 Å². The summed E-state index contributed by atoms with van der Waals surface area (Å²) >= 11 is 0. The number of benzene rings is 2. The van der Waals surface area contributed by atoms with Gasteiger partial charge in [-0.15, -0.1) is 0 Å². The number of esters is 1. The highest BCUT2D eigenvalue weighted by atomic mass is 16.6. The maximum Gasteiger partial charge on any atom is 0.363 e. The summed E-state index contributed by atoms with van der Waals surface area (Å²) in [7, 11) is 0. The fourth-order valence-corrected chi connectivity index (χ4v) is 2.42. The first kappa shape index (κ1) is 15.6. The van der Waals surface area contributed by atoms with Crippen molar-refractivity contribution in [1.29, 1.82) is 0 Å². The molecule has 3 rings (SSSR count). The SMILES string of the molecule is Cc1ccc(/C=C2\N=C(c3cccc([N+](=O)[O-])c3)OC2=O)c(C)c1. The van der Waals surface area contributed by atoms with E-state index in [1.165, 1.54) is 18.2 Å². The van der Waals surface area contributed by atoms with E-state index in [0.717, 1.165) is 16.7 Å². The van der Waals surface area contributed by atoms with Crippen molar-refractivity contribution < 1.29 is 14.5 Å².